The lowest BCUT2D eigenvalue weighted by Gasteiger charge is -2.17. The summed E-state index contributed by atoms with van der Waals surface area (Å²) in [4.78, 5) is 4.46. The van der Waals surface area contributed by atoms with Crippen molar-refractivity contribution in [2.24, 2.45) is 0 Å². The molecule has 0 fully saturated rings. The number of benzene rings is 1. The van der Waals surface area contributed by atoms with E-state index in [1.54, 1.807) is 0 Å². The van der Waals surface area contributed by atoms with E-state index in [1.807, 2.05) is 13.2 Å². The van der Waals surface area contributed by atoms with Gasteiger partial charge in [-0.2, -0.15) is 0 Å². The first-order valence-electron chi connectivity index (χ1n) is 7.04. The number of imidazole rings is 1. The molecule has 1 N–H and O–H groups in total. The van der Waals surface area contributed by atoms with Crippen molar-refractivity contribution in [1.29, 1.82) is 0 Å². The maximum atomic E-state index is 4.46. The zero-order chi connectivity index (χ0) is 13.5. The molecule has 1 aromatic heterocycles. The number of nitrogens with zero attached hydrogens (tertiary/aromatic N) is 2. The Labute approximate surface area is 115 Å². The van der Waals surface area contributed by atoms with E-state index in [0.717, 1.165) is 25.9 Å². The van der Waals surface area contributed by atoms with Crippen LogP contribution in [-0.4, -0.2) is 23.1 Å². The number of aryl methyl sites for hydroxylation is 2. The van der Waals surface area contributed by atoms with E-state index in [2.05, 4.69) is 58.3 Å². The summed E-state index contributed by atoms with van der Waals surface area (Å²) in [5, 5.41) is 3.30. The average molecular weight is 257 g/mol. The van der Waals surface area contributed by atoms with Gasteiger partial charge >= 0.3 is 0 Å². The van der Waals surface area contributed by atoms with E-state index in [-0.39, 0.29) is 0 Å². The summed E-state index contributed by atoms with van der Waals surface area (Å²) in [6, 6.07) is 10.7. The van der Waals surface area contributed by atoms with Crippen LogP contribution in [0.1, 0.15) is 30.7 Å². The van der Waals surface area contributed by atoms with E-state index in [9.17, 15) is 0 Å². The topological polar surface area (TPSA) is 29.9 Å². The molecule has 0 spiro atoms. The Bertz CT molecular complexity index is 476. The maximum Gasteiger partial charge on any atom is 0.108 e. The second-order valence-electron chi connectivity index (χ2n) is 4.83. The molecule has 3 nitrogen and oxygen atoms in total. The van der Waals surface area contributed by atoms with Crippen LogP contribution < -0.4 is 5.32 Å². The van der Waals surface area contributed by atoms with Crippen LogP contribution in [0.5, 0.6) is 0 Å². The van der Waals surface area contributed by atoms with Crippen LogP contribution in [0.3, 0.4) is 0 Å². The molecule has 0 saturated heterocycles. The van der Waals surface area contributed by atoms with Crippen molar-refractivity contribution in [3.8, 4) is 0 Å². The first-order chi connectivity index (χ1) is 9.35. The van der Waals surface area contributed by atoms with Crippen molar-refractivity contribution in [2.75, 3.05) is 13.6 Å². The Morgan fingerprint density at radius 3 is 2.74 bits per heavy atom. The van der Waals surface area contributed by atoms with Crippen LogP contribution in [-0.2, 0) is 13.0 Å². The van der Waals surface area contributed by atoms with Gasteiger partial charge in [-0.1, -0.05) is 30.3 Å². The fourth-order valence-electron chi connectivity index (χ4n) is 2.52. The predicted octanol–water partition coefficient (Wildman–Crippen LogP) is 2.84. The number of nitrogens with one attached hydrogen (secondary N) is 1. The quantitative estimate of drug-likeness (QED) is 0.826. The Kier molecular flexibility index (Phi) is 5.16. The summed E-state index contributed by atoms with van der Waals surface area (Å²) in [5.74, 6) is 1.74. The summed E-state index contributed by atoms with van der Waals surface area (Å²) in [7, 11) is 2.02. The fourth-order valence-corrected chi connectivity index (χ4v) is 2.52. The molecule has 3 heteroatoms. The molecular weight excluding hydrogens is 234 g/mol. The molecule has 2 aromatic rings. The molecule has 0 aliphatic carbocycles. The number of rotatable bonds is 7. The molecule has 19 heavy (non-hydrogen) atoms. The Morgan fingerprint density at radius 1 is 1.26 bits per heavy atom. The number of hydrogen-bond donors (Lipinski definition) is 1. The van der Waals surface area contributed by atoms with Gasteiger partial charge in [-0.15, -0.1) is 0 Å². The van der Waals surface area contributed by atoms with Crippen molar-refractivity contribution in [2.45, 2.75) is 32.2 Å². The molecule has 1 aromatic carbocycles. The lowest BCUT2D eigenvalue weighted by atomic mass is 9.94. The molecule has 0 radical (unpaired) electrons. The predicted molar refractivity (Wildman–Crippen MR) is 79.3 cm³/mol. The molecule has 2 rings (SSSR count). The highest BCUT2D eigenvalue weighted by Gasteiger charge is 2.12. The minimum Gasteiger partial charge on any atom is -0.335 e. The van der Waals surface area contributed by atoms with Gasteiger partial charge in [0.2, 0.25) is 0 Å². The van der Waals surface area contributed by atoms with Crippen molar-refractivity contribution >= 4 is 0 Å². The zero-order valence-electron chi connectivity index (χ0n) is 11.8. The molecule has 1 atom stereocenters. The molecule has 1 heterocycles. The molecule has 102 valence electrons. The van der Waals surface area contributed by atoms with Gasteiger partial charge < -0.3 is 9.88 Å². The maximum absolute atomic E-state index is 4.46. The van der Waals surface area contributed by atoms with Crippen molar-refractivity contribution in [1.82, 2.24) is 14.9 Å². The summed E-state index contributed by atoms with van der Waals surface area (Å²) >= 11 is 0. The van der Waals surface area contributed by atoms with Gasteiger partial charge in [0.15, 0.2) is 0 Å². The van der Waals surface area contributed by atoms with E-state index in [4.69, 9.17) is 0 Å². The number of likely N-dealkylation sites (N-methyl/N-ethyl adjacent to an activating group) is 1. The largest absolute Gasteiger partial charge is 0.335 e. The van der Waals surface area contributed by atoms with Crippen LogP contribution in [0.15, 0.2) is 42.7 Å². The summed E-state index contributed by atoms with van der Waals surface area (Å²) in [6.07, 6.45) is 6.11. The van der Waals surface area contributed by atoms with Crippen molar-refractivity contribution in [3.05, 3.63) is 54.1 Å². The van der Waals surface area contributed by atoms with Crippen LogP contribution in [0.25, 0.3) is 0 Å². The van der Waals surface area contributed by atoms with Gasteiger partial charge in [-0.05, 0) is 31.9 Å². The number of aromatic nitrogens is 2. The second kappa shape index (κ2) is 7.10. The Balaban J connectivity index is 2.02. The first-order valence-corrected chi connectivity index (χ1v) is 7.04. The summed E-state index contributed by atoms with van der Waals surface area (Å²) in [5.41, 5.74) is 1.41. The fraction of sp³-hybridized carbons (Fsp3) is 0.438. The van der Waals surface area contributed by atoms with Gasteiger partial charge in [0.1, 0.15) is 5.82 Å². The highest BCUT2D eigenvalue weighted by Crippen LogP contribution is 2.20. The lowest BCUT2D eigenvalue weighted by molar-refractivity contribution is 0.561. The molecule has 0 saturated carbocycles. The van der Waals surface area contributed by atoms with Crippen molar-refractivity contribution < 1.29 is 0 Å². The standard InChI is InChI=1S/C16H23N3/c1-3-19-12-11-18-16(19)10-9-15(13-17-2)14-7-5-4-6-8-14/h4-8,11-12,15,17H,3,9-10,13H2,1-2H3. The van der Waals surface area contributed by atoms with Crippen LogP contribution in [0.4, 0.5) is 0 Å². The van der Waals surface area contributed by atoms with Gasteiger partial charge in [-0.3, -0.25) is 0 Å². The molecule has 1 unspecified atom stereocenters. The summed E-state index contributed by atoms with van der Waals surface area (Å²) in [6.45, 7) is 4.17. The van der Waals surface area contributed by atoms with Gasteiger partial charge in [-0.25, -0.2) is 4.98 Å². The zero-order valence-corrected chi connectivity index (χ0v) is 11.8. The highest BCUT2D eigenvalue weighted by molar-refractivity contribution is 5.20. The Hall–Kier alpha value is -1.61. The van der Waals surface area contributed by atoms with E-state index in [0.29, 0.717) is 5.92 Å². The monoisotopic (exact) mass is 257 g/mol. The van der Waals surface area contributed by atoms with Crippen LogP contribution in [0.2, 0.25) is 0 Å². The molecule has 0 aliphatic rings. The smallest absolute Gasteiger partial charge is 0.108 e. The summed E-state index contributed by atoms with van der Waals surface area (Å²) < 4.78 is 2.22. The Morgan fingerprint density at radius 2 is 2.05 bits per heavy atom. The molecule has 0 aliphatic heterocycles. The van der Waals surface area contributed by atoms with Gasteiger partial charge in [0.05, 0.1) is 0 Å². The van der Waals surface area contributed by atoms with Gasteiger partial charge in [0, 0.05) is 31.9 Å². The SMILES string of the molecule is CCn1ccnc1CCC(CNC)c1ccccc1. The molecular formula is C16H23N3. The second-order valence-corrected chi connectivity index (χ2v) is 4.83. The average Bonchev–Trinajstić information content (AvgIpc) is 2.92. The first kappa shape index (κ1) is 13.8. The van der Waals surface area contributed by atoms with Crippen LogP contribution >= 0.6 is 0 Å². The molecule has 0 bridgehead atoms. The lowest BCUT2D eigenvalue weighted by Crippen LogP contribution is -2.18. The third-order valence-corrected chi connectivity index (χ3v) is 3.58. The van der Waals surface area contributed by atoms with E-state index in [1.165, 1.54) is 11.4 Å². The number of hydrogen-bond acceptors (Lipinski definition) is 2. The minimum atomic E-state index is 0.549. The normalized spacial score (nSPS) is 12.5. The molecule has 0 amide bonds. The van der Waals surface area contributed by atoms with E-state index >= 15 is 0 Å². The van der Waals surface area contributed by atoms with Crippen LogP contribution in [0, 0.1) is 0 Å². The van der Waals surface area contributed by atoms with Gasteiger partial charge in [0.25, 0.3) is 0 Å². The van der Waals surface area contributed by atoms with E-state index < -0.39 is 0 Å². The third-order valence-electron chi connectivity index (χ3n) is 3.58. The third kappa shape index (κ3) is 3.67. The van der Waals surface area contributed by atoms with Crippen molar-refractivity contribution in [3.63, 3.8) is 0 Å². The minimum absolute atomic E-state index is 0.549. The highest BCUT2D eigenvalue weighted by atomic mass is 15.0.